The quantitative estimate of drug-likeness (QED) is 0.826. The molecule has 1 unspecified atom stereocenters. The largest absolute Gasteiger partial charge is 0.507 e. The van der Waals surface area contributed by atoms with Gasteiger partial charge in [0.25, 0.3) is 0 Å². The second-order valence-corrected chi connectivity index (χ2v) is 6.94. The van der Waals surface area contributed by atoms with Crippen molar-refractivity contribution < 1.29 is 24.5 Å². The molecule has 0 bridgehead atoms. The van der Waals surface area contributed by atoms with Gasteiger partial charge in [-0.3, -0.25) is 9.59 Å². The summed E-state index contributed by atoms with van der Waals surface area (Å²) in [7, 11) is 1.48. The molecule has 5 rings (SSSR count). The van der Waals surface area contributed by atoms with E-state index in [1.807, 2.05) is 6.07 Å². The van der Waals surface area contributed by atoms with Crippen molar-refractivity contribution in [3.05, 3.63) is 58.1 Å². The van der Waals surface area contributed by atoms with E-state index in [-0.39, 0.29) is 34.5 Å². The van der Waals surface area contributed by atoms with Crippen LogP contribution in [-0.4, -0.2) is 35.0 Å². The minimum absolute atomic E-state index is 0.0263. The highest BCUT2D eigenvalue weighted by molar-refractivity contribution is 6.19. The normalized spacial score (nSPS) is 23.0. The molecule has 0 spiro atoms. The minimum atomic E-state index is -0.771. The lowest BCUT2D eigenvalue weighted by atomic mass is 9.75. The zero-order valence-electron chi connectivity index (χ0n) is 14.1. The summed E-state index contributed by atoms with van der Waals surface area (Å²) < 4.78 is 5.55. The SMILES string of the molecule is COC1C(=O)c2c(O)cccc2C2=C3CCC(=O)c4c(O)ccc(c43)[C@@H]21. The van der Waals surface area contributed by atoms with Gasteiger partial charge < -0.3 is 14.9 Å². The van der Waals surface area contributed by atoms with Crippen molar-refractivity contribution in [1.82, 2.24) is 0 Å². The maximum absolute atomic E-state index is 13.0. The first kappa shape index (κ1) is 15.3. The Morgan fingerprint density at radius 1 is 0.962 bits per heavy atom. The average molecular weight is 348 g/mol. The summed E-state index contributed by atoms with van der Waals surface area (Å²) in [6, 6.07) is 8.34. The zero-order valence-corrected chi connectivity index (χ0v) is 14.1. The van der Waals surface area contributed by atoms with Crippen LogP contribution in [0.25, 0.3) is 11.1 Å². The van der Waals surface area contributed by atoms with E-state index in [1.165, 1.54) is 19.2 Å². The lowest BCUT2D eigenvalue weighted by Gasteiger charge is -2.32. The summed E-state index contributed by atoms with van der Waals surface area (Å²) in [5.41, 5.74) is 4.79. The molecule has 0 fully saturated rings. The van der Waals surface area contributed by atoms with E-state index in [4.69, 9.17) is 4.74 Å². The first-order valence-electron chi connectivity index (χ1n) is 8.56. The predicted molar refractivity (Wildman–Crippen MR) is 94.5 cm³/mol. The minimum Gasteiger partial charge on any atom is -0.507 e. The number of ketones is 2. The number of aromatic hydroxyl groups is 2. The highest BCUT2D eigenvalue weighted by Gasteiger charge is 2.48. The maximum atomic E-state index is 13.0. The summed E-state index contributed by atoms with van der Waals surface area (Å²) in [6.07, 6.45) is 0.0935. The third kappa shape index (κ3) is 1.68. The van der Waals surface area contributed by atoms with Crippen molar-refractivity contribution in [2.24, 2.45) is 0 Å². The molecule has 0 saturated heterocycles. The van der Waals surface area contributed by atoms with Crippen LogP contribution in [-0.2, 0) is 4.74 Å². The fourth-order valence-electron chi connectivity index (χ4n) is 4.78. The highest BCUT2D eigenvalue weighted by Crippen LogP contribution is 2.58. The Hall–Kier alpha value is -2.92. The third-order valence-electron chi connectivity index (χ3n) is 5.76. The van der Waals surface area contributed by atoms with Crippen molar-refractivity contribution in [3.8, 4) is 11.5 Å². The number of carbonyl (C=O) groups excluding carboxylic acids is 2. The van der Waals surface area contributed by atoms with Gasteiger partial charge in [0.1, 0.15) is 17.6 Å². The molecule has 0 aromatic heterocycles. The van der Waals surface area contributed by atoms with Crippen molar-refractivity contribution >= 4 is 22.7 Å². The molecule has 5 nitrogen and oxygen atoms in total. The number of benzene rings is 2. The van der Waals surface area contributed by atoms with Gasteiger partial charge in [0.05, 0.1) is 11.1 Å². The number of carbonyl (C=O) groups is 2. The summed E-state index contributed by atoms with van der Waals surface area (Å²) in [6.45, 7) is 0. The molecule has 0 radical (unpaired) electrons. The van der Waals surface area contributed by atoms with Crippen molar-refractivity contribution in [3.63, 3.8) is 0 Å². The van der Waals surface area contributed by atoms with Crippen LogP contribution in [0.5, 0.6) is 11.5 Å². The van der Waals surface area contributed by atoms with Crippen LogP contribution in [0.3, 0.4) is 0 Å². The molecule has 130 valence electrons. The fourth-order valence-corrected chi connectivity index (χ4v) is 4.78. The van der Waals surface area contributed by atoms with Crippen LogP contribution in [0.4, 0.5) is 0 Å². The number of hydrogen-bond donors (Lipinski definition) is 2. The van der Waals surface area contributed by atoms with E-state index in [0.29, 0.717) is 24.0 Å². The number of ether oxygens (including phenoxy) is 1. The monoisotopic (exact) mass is 348 g/mol. The molecular weight excluding hydrogens is 332 g/mol. The number of phenolic OH excluding ortho intramolecular Hbond substituents is 2. The van der Waals surface area contributed by atoms with E-state index >= 15 is 0 Å². The first-order chi connectivity index (χ1) is 12.5. The molecule has 2 atom stereocenters. The Morgan fingerprint density at radius 3 is 2.50 bits per heavy atom. The second-order valence-electron chi connectivity index (χ2n) is 6.94. The number of Topliss-reactive ketones (excluding diaryl/α,β-unsaturated/α-hetero) is 2. The van der Waals surface area contributed by atoms with Gasteiger partial charge in [-0.05, 0) is 46.4 Å². The lowest BCUT2D eigenvalue weighted by molar-refractivity contribution is 0.0559. The summed E-state index contributed by atoms with van der Waals surface area (Å²) in [4.78, 5) is 25.5. The van der Waals surface area contributed by atoms with Gasteiger partial charge in [-0.25, -0.2) is 0 Å². The maximum Gasteiger partial charge on any atom is 0.196 e. The van der Waals surface area contributed by atoms with E-state index in [0.717, 1.165) is 22.3 Å². The number of methoxy groups -OCH3 is 1. The Morgan fingerprint density at radius 2 is 1.73 bits per heavy atom. The highest BCUT2D eigenvalue weighted by atomic mass is 16.5. The van der Waals surface area contributed by atoms with Crippen LogP contribution in [0.1, 0.15) is 56.2 Å². The Labute approximate surface area is 149 Å². The van der Waals surface area contributed by atoms with Gasteiger partial charge in [-0.2, -0.15) is 0 Å². The average Bonchev–Trinajstić information content (AvgIpc) is 2.95. The molecule has 0 amide bonds. The summed E-state index contributed by atoms with van der Waals surface area (Å²) in [5.74, 6) is -0.772. The number of rotatable bonds is 1. The van der Waals surface area contributed by atoms with E-state index in [9.17, 15) is 19.8 Å². The summed E-state index contributed by atoms with van der Waals surface area (Å²) >= 11 is 0. The third-order valence-corrected chi connectivity index (χ3v) is 5.76. The van der Waals surface area contributed by atoms with Gasteiger partial charge >= 0.3 is 0 Å². The molecule has 3 aliphatic rings. The van der Waals surface area contributed by atoms with E-state index in [1.54, 1.807) is 12.1 Å². The van der Waals surface area contributed by atoms with Crippen LogP contribution in [0, 0.1) is 0 Å². The topological polar surface area (TPSA) is 83.8 Å². The smallest absolute Gasteiger partial charge is 0.196 e. The number of hydrogen-bond acceptors (Lipinski definition) is 5. The number of allylic oxidation sites excluding steroid dienone is 1. The molecule has 5 heteroatoms. The zero-order chi connectivity index (χ0) is 18.2. The lowest BCUT2D eigenvalue weighted by Crippen LogP contribution is -2.35. The van der Waals surface area contributed by atoms with Crippen molar-refractivity contribution in [2.45, 2.75) is 24.9 Å². The van der Waals surface area contributed by atoms with E-state index in [2.05, 4.69) is 0 Å². The van der Waals surface area contributed by atoms with Crippen molar-refractivity contribution in [1.29, 1.82) is 0 Å². The number of fused-ring (bicyclic) bond motifs is 4. The van der Waals surface area contributed by atoms with E-state index < -0.39 is 6.10 Å². The molecule has 0 heterocycles. The summed E-state index contributed by atoms with van der Waals surface area (Å²) in [5, 5.41) is 20.6. The molecule has 0 saturated carbocycles. The Balaban J connectivity index is 1.92. The molecule has 26 heavy (non-hydrogen) atoms. The first-order valence-corrected chi connectivity index (χ1v) is 8.56. The van der Waals surface area contributed by atoms with Gasteiger partial charge in [0.2, 0.25) is 0 Å². The molecule has 0 aliphatic heterocycles. The van der Waals surface area contributed by atoms with Gasteiger partial charge in [0.15, 0.2) is 11.6 Å². The van der Waals surface area contributed by atoms with Crippen LogP contribution in [0.15, 0.2) is 30.3 Å². The standard InChI is InChI=1S/C21H16O5/c1-26-21-18-11-6-8-14(24)19-13(23)7-5-10(16(11)19)15(18)9-3-2-4-12(22)17(9)20(21)25/h2-4,6,8,18,21-22,24H,5,7H2,1H3/t18-,21?/m0/s1. The number of phenols is 2. The van der Waals surface area contributed by atoms with Gasteiger partial charge in [-0.1, -0.05) is 18.2 Å². The predicted octanol–water partition coefficient (Wildman–Crippen LogP) is 3.29. The molecular formula is C21H16O5. The molecule has 2 N–H and O–H groups in total. The molecule has 3 aliphatic carbocycles. The van der Waals surface area contributed by atoms with Gasteiger partial charge in [0, 0.05) is 19.4 Å². The molecule has 2 aromatic rings. The van der Waals surface area contributed by atoms with Crippen molar-refractivity contribution in [2.75, 3.05) is 7.11 Å². The second kappa shape index (κ2) is 5.05. The van der Waals surface area contributed by atoms with Crippen LogP contribution >= 0.6 is 0 Å². The van der Waals surface area contributed by atoms with Crippen LogP contribution in [0.2, 0.25) is 0 Å². The Kier molecular flexibility index (Phi) is 2.98. The molecule has 2 aromatic carbocycles. The van der Waals surface area contributed by atoms with Gasteiger partial charge in [-0.15, -0.1) is 0 Å². The van der Waals surface area contributed by atoms with Crippen LogP contribution < -0.4 is 0 Å². The Bertz CT molecular complexity index is 1050. The fraction of sp³-hybridized carbons (Fsp3) is 0.238.